The zero-order valence-electron chi connectivity index (χ0n) is 11.5. The lowest BCUT2D eigenvalue weighted by molar-refractivity contribution is 0.111. The molecule has 0 spiro atoms. The molecule has 1 aromatic heterocycles. The molecule has 0 fully saturated rings. The van der Waals surface area contributed by atoms with Crippen molar-refractivity contribution in [1.29, 1.82) is 0 Å². The molecule has 0 unspecified atom stereocenters. The van der Waals surface area contributed by atoms with Gasteiger partial charge in [0.05, 0.1) is 12.8 Å². The highest BCUT2D eigenvalue weighted by Crippen LogP contribution is 2.36. The highest BCUT2D eigenvalue weighted by atomic mass is 16.5. The maximum Gasteiger partial charge on any atom is 0.193 e. The molecule has 2 rings (SSSR count). The van der Waals surface area contributed by atoms with Gasteiger partial charge in [0.1, 0.15) is 5.75 Å². The standard InChI is InChI=1S/C15H16N2O2/c1-9-7-10(2)14(15(19-4)11(9)3)12-5-6-16-13(8-18)17-12/h5-8H,1-4H3. The van der Waals surface area contributed by atoms with Crippen molar-refractivity contribution < 1.29 is 9.53 Å². The van der Waals surface area contributed by atoms with Gasteiger partial charge in [0.25, 0.3) is 0 Å². The van der Waals surface area contributed by atoms with Crippen LogP contribution in [0.1, 0.15) is 27.3 Å². The van der Waals surface area contributed by atoms with Gasteiger partial charge in [0.15, 0.2) is 12.1 Å². The van der Waals surface area contributed by atoms with E-state index in [2.05, 4.69) is 16.0 Å². The lowest BCUT2D eigenvalue weighted by atomic mass is 9.97. The molecular weight excluding hydrogens is 240 g/mol. The minimum atomic E-state index is 0.178. The first-order valence-corrected chi connectivity index (χ1v) is 6.02. The molecule has 0 aliphatic carbocycles. The zero-order valence-corrected chi connectivity index (χ0v) is 11.5. The van der Waals surface area contributed by atoms with Crippen molar-refractivity contribution in [2.45, 2.75) is 20.8 Å². The van der Waals surface area contributed by atoms with Crippen LogP contribution in [0.25, 0.3) is 11.3 Å². The van der Waals surface area contributed by atoms with E-state index in [1.807, 2.05) is 20.8 Å². The zero-order chi connectivity index (χ0) is 14.0. The molecule has 0 aliphatic rings. The number of carbonyl (C=O) groups is 1. The van der Waals surface area contributed by atoms with Crippen LogP contribution in [0.15, 0.2) is 18.3 Å². The van der Waals surface area contributed by atoms with E-state index in [0.29, 0.717) is 12.0 Å². The highest BCUT2D eigenvalue weighted by molar-refractivity contribution is 5.76. The van der Waals surface area contributed by atoms with Gasteiger partial charge in [-0.25, -0.2) is 9.97 Å². The molecule has 0 bridgehead atoms. The van der Waals surface area contributed by atoms with Crippen LogP contribution in [0.5, 0.6) is 5.75 Å². The predicted octanol–water partition coefficient (Wildman–Crippen LogP) is 2.89. The second kappa shape index (κ2) is 5.18. The third kappa shape index (κ3) is 2.34. The molecule has 19 heavy (non-hydrogen) atoms. The van der Waals surface area contributed by atoms with E-state index in [0.717, 1.165) is 22.4 Å². The van der Waals surface area contributed by atoms with Crippen molar-refractivity contribution in [2.75, 3.05) is 7.11 Å². The number of aldehydes is 1. The summed E-state index contributed by atoms with van der Waals surface area (Å²) in [6, 6.07) is 3.88. The smallest absolute Gasteiger partial charge is 0.193 e. The van der Waals surface area contributed by atoms with Crippen LogP contribution in [0.2, 0.25) is 0 Å². The number of nitrogens with zero attached hydrogens (tertiary/aromatic N) is 2. The molecule has 1 aromatic carbocycles. The Balaban J connectivity index is 2.73. The van der Waals surface area contributed by atoms with Gasteiger partial charge in [-0.15, -0.1) is 0 Å². The molecule has 0 saturated carbocycles. The predicted molar refractivity (Wildman–Crippen MR) is 73.6 cm³/mol. The van der Waals surface area contributed by atoms with E-state index in [9.17, 15) is 4.79 Å². The lowest BCUT2D eigenvalue weighted by Gasteiger charge is -2.16. The summed E-state index contributed by atoms with van der Waals surface area (Å²) in [5, 5.41) is 0. The van der Waals surface area contributed by atoms with Crippen LogP contribution in [-0.2, 0) is 0 Å². The number of benzene rings is 1. The van der Waals surface area contributed by atoms with Crippen molar-refractivity contribution in [3.8, 4) is 17.0 Å². The number of hydrogen-bond acceptors (Lipinski definition) is 4. The van der Waals surface area contributed by atoms with Crippen molar-refractivity contribution in [3.05, 3.63) is 40.8 Å². The van der Waals surface area contributed by atoms with E-state index < -0.39 is 0 Å². The van der Waals surface area contributed by atoms with Gasteiger partial charge in [-0.1, -0.05) is 6.07 Å². The molecule has 0 saturated heterocycles. The summed E-state index contributed by atoms with van der Waals surface area (Å²) in [7, 11) is 1.65. The molecule has 0 N–H and O–H groups in total. The second-order valence-electron chi connectivity index (χ2n) is 4.46. The number of carbonyl (C=O) groups excluding carboxylic acids is 1. The van der Waals surface area contributed by atoms with Gasteiger partial charge in [0.2, 0.25) is 0 Å². The summed E-state index contributed by atoms with van der Waals surface area (Å²) < 4.78 is 5.52. The Morgan fingerprint density at radius 1 is 1.21 bits per heavy atom. The number of aryl methyl sites for hydroxylation is 2. The quantitative estimate of drug-likeness (QED) is 0.792. The number of hydrogen-bond donors (Lipinski definition) is 0. The number of rotatable bonds is 3. The van der Waals surface area contributed by atoms with Crippen LogP contribution in [0.4, 0.5) is 0 Å². The normalized spacial score (nSPS) is 10.3. The molecule has 1 heterocycles. The molecule has 98 valence electrons. The number of ether oxygens (including phenoxy) is 1. The lowest BCUT2D eigenvalue weighted by Crippen LogP contribution is -2.00. The Bertz CT molecular complexity index is 636. The molecule has 4 nitrogen and oxygen atoms in total. The number of aromatic nitrogens is 2. The van der Waals surface area contributed by atoms with E-state index in [4.69, 9.17) is 4.74 Å². The average molecular weight is 256 g/mol. The fraction of sp³-hybridized carbons (Fsp3) is 0.267. The largest absolute Gasteiger partial charge is 0.496 e. The Labute approximate surface area is 112 Å². The van der Waals surface area contributed by atoms with Gasteiger partial charge in [0, 0.05) is 11.8 Å². The van der Waals surface area contributed by atoms with Gasteiger partial charge >= 0.3 is 0 Å². The average Bonchev–Trinajstić information content (AvgIpc) is 2.42. The second-order valence-corrected chi connectivity index (χ2v) is 4.46. The van der Waals surface area contributed by atoms with Crippen molar-refractivity contribution >= 4 is 6.29 Å². The molecular formula is C15H16N2O2. The summed E-state index contributed by atoms with van der Waals surface area (Å²) in [6.45, 7) is 6.07. The first-order valence-electron chi connectivity index (χ1n) is 6.02. The molecule has 0 radical (unpaired) electrons. The van der Waals surface area contributed by atoms with E-state index in [1.54, 1.807) is 19.4 Å². The van der Waals surface area contributed by atoms with Crippen molar-refractivity contribution in [3.63, 3.8) is 0 Å². The van der Waals surface area contributed by atoms with Crippen LogP contribution < -0.4 is 4.74 Å². The fourth-order valence-corrected chi connectivity index (χ4v) is 2.19. The molecule has 0 atom stereocenters. The Morgan fingerprint density at radius 2 is 1.95 bits per heavy atom. The summed E-state index contributed by atoms with van der Waals surface area (Å²) in [5.74, 6) is 0.977. The Morgan fingerprint density at radius 3 is 2.58 bits per heavy atom. The maximum absolute atomic E-state index is 10.8. The SMILES string of the molecule is COc1c(C)c(C)cc(C)c1-c1ccnc(C=O)n1. The van der Waals surface area contributed by atoms with E-state index in [-0.39, 0.29) is 5.82 Å². The third-order valence-electron chi connectivity index (χ3n) is 3.23. The monoisotopic (exact) mass is 256 g/mol. The summed E-state index contributed by atoms with van der Waals surface area (Å²) in [5.41, 5.74) is 4.93. The van der Waals surface area contributed by atoms with Crippen molar-refractivity contribution in [2.24, 2.45) is 0 Å². The van der Waals surface area contributed by atoms with Crippen LogP contribution >= 0.6 is 0 Å². The topological polar surface area (TPSA) is 52.1 Å². The van der Waals surface area contributed by atoms with E-state index in [1.165, 1.54) is 5.56 Å². The van der Waals surface area contributed by atoms with Crippen molar-refractivity contribution in [1.82, 2.24) is 9.97 Å². The summed E-state index contributed by atoms with van der Waals surface area (Å²) in [6.07, 6.45) is 2.23. The number of methoxy groups -OCH3 is 1. The maximum atomic E-state index is 10.8. The Kier molecular flexibility index (Phi) is 3.60. The summed E-state index contributed by atoms with van der Waals surface area (Å²) in [4.78, 5) is 18.9. The Hall–Kier alpha value is -2.23. The van der Waals surface area contributed by atoms with Gasteiger partial charge in [-0.3, -0.25) is 4.79 Å². The van der Waals surface area contributed by atoms with Crippen LogP contribution in [-0.4, -0.2) is 23.4 Å². The summed E-state index contributed by atoms with van der Waals surface area (Å²) >= 11 is 0. The molecule has 2 aromatic rings. The third-order valence-corrected chi connectivity index (χ3v) is 3.23. The molecule has 0 amide bonds. The minimum Gasteiger partial charge on any atom is -0.496 e. The minimum absolute atomic E-state index is 0.178. The highest BCUT2D eigenvalue weighted by Gasteiger charge is 2.15. The van der Waals surface area contributed by atoms with Gasteiger partial charge < -0.3 is 4.74 Å². The molecule has 4 heteroatoms. The van der Waals surface area contributed by atoms with Gasteiger partial charge in [-0.05, 0) is 43.5 Å². The van der Waals surface area contributed by atoms with Gasteiger partial charge in [-0.2, -0.15) is 0 Å². The van der Waals surface area contributed by atoms with E-state index >= 15 is 0 Å². The van der Waals surface area contributed by atoms with Crippen LogP contribution in [0, 0.1) is 20.8 Å². The first-order chi connectivity index (χ1) is 9.08. The van der Waals surface area contributed by atoms with Crippen LogP contribution in [0.3, 0.4) is 0 Å². The fourth-order valence-electron chi connectivity index (χ4n) is 2.19. The first kappa shape index (κ1) is 13.2. The molecule has 0 aliphatic heterocycles.